The van der Waals surface area contributed by atoms with Gasteiger partial charge < -0.3 is 5.32 Å². The Balaban J connectivity index is 1.77. The fourth-order valence-electron chi connectivity index (χ4n) is 3.46. The van der Waals surface area contributed by atoms with Crippen LogP contribution in [0.3, 0.4) is 0 Å². The Hall–Kier alpha value is -2.12. The van der Waals surface area contributed by atoms with Crippen molar-refractivity contribution in [2.24, 2.45) is 5.41 Å². The molecule has 1 atom stereocenters. The molecule has 0 radical (unpaired) electrons. The molecule has 0 bridgehead atoms. The zero-order valence-electron chi connectivity index (χ0n) is 16.5. The van der Waals surface area contributed by atoms with Crippen LogP contribution in [0.2, 0.25) is 5.02 Å². The molecule has 2 aromatic rings. The highest BCUT2D eigenvalue weighted by atomic mass is 35.5. The van der Waals surface area contributed by atoms with E-state index < -0.39 is 12.2 Å². The third-order valence-corrected chi connectivity index (χ3v) is 5.77. The Kier molecular flexibility index (Phi) is 6.80. The van der Waals surface area contributed by atoms with Crippen LogP contribution in [-0.2, 0) is 0 Å². The van der Waals surface area contributed by atoms with Crippen molar-refractivity contribution < 1.29 is 13.6 Å². The normalized spacial score (nSPS) is 17.9. The molecule has 0 aliphatic carbocycles. The third-order valence-electron chi connectivity index (χ3n) is 5.44. The Bertz CT molecular complexity index is 835. The molecule has 1 fully saturated rings. The second-order valence-corrected chi connectivity index (χ2v) is 8.49. The van der Waals surface area contributed by atoms with E-state index in [2.05, 4.69) is 34.0 Å². The second kappa shape index (κ2) is 9.13. The SMILES string of the molecule is CC1(C)CCN(C(CNC(=O)c2ccccc2Cl)c2cnc(C(F)F)nc2)CC1. The Labute approximate surface area is 174 Å². The highest BCUT2D eigenvalue weighted by Crippen LogP contribution is 2.33. The molecule has 2 heterocycles. The first kappa shape index (κ1) is 21.6. The van der Waals surface area contributed by atoms with E-state index >= 15 is 0 Å². The van der Waals surface area contributed by atoms with Gasteiger partial charge in [-0.05, 0) is 43.5 Å². The number of alkyl halides is 2. The molecule has 0 saturated carbocycles. The molecule has 29 heavy (non-hydrogen) atoms. The van der Waals surface area contributed by atoms with Gasteiger partial charge in [-0.15, -0.1) is 0 Å². The van der Waals surface area contributed by atoms with Crippen LogP contribution in [0, 0.1) is 5.41 Å². The van der Waals surface area contributed by atoms with Gasteiger partial charge in [0.2, 0.25) is 0 Å². The number of halogens is 3. The van der Waals surface area contributed by atoms with Gasteiger partial charge in [-0.2, -0.15) is 0 Å². The van der Waals surface area contributed by atoms with E-state index in [1.165, 1.54) is 12.4 Å². The van der Waals surface area contributed by atoms with Crippen LogP contribution in [0.5, 0.6) is 0 Å². The summed E-state index contributed by atoms with van der Waals surface area (Å²) in [4.78, 5) is 22.4. The van der Waals surface area contributed by atoms with E-state index in [0.29, 0.717) is 22.7 Å². The molecule has 156 valence electrons. The minimum atomic E-state index is -2.71. The van der Waals surface area contributed by atoms with Crippen molar-refractivity contribution in [2.75, 3.05) is 19.6 Å². The van der Waals surface area contributed by atoms with E-state index in [9.17, 15) is 13.6 Å². The number of carbonyl (C=O) groups excluding carboxylic acids is 1. The number of piperidine rings is 1. The van der Waals surface area contributed by atoms with Gasteiger partial charge >= 0.3 is 0 Å². The number of benzene rings is 1. The monoisotopic (exact) mass is 422 g/mol. The van der Waals surface area contributed by atoms with Gasteiger partial charge in [0.1, 0.15) is 0 Å². The smallest absolute Gasteiger partial charge is 0.297 e. The first-order chi connectivity index (χ1) is 13.8. The number of rotatable bonds is 6. The summed E-state index contributed by atoms with van der Waals surface area (Å²) in [7, 11) is 0. The van der Waals surface area contributed by atoms with E-state index in [1.807, 2.05) is 0 Å². The van der Waals surface area contributed by atoms with Crippen LogP contribution in [0.15, 0.2) is 36.7 Å². The van der Waals surface area contributed by atoms with Crippen molar-refractivity contribution in [1.82, 2.24) is 20.2 Å². The fraction of sp³-hybridized carbons (Fsp3) is 0.476. The zero-order valence-corrected chi connectivity index (χ0v) is 17.3. The van der Waals surface area contributed by atoms with Gasteiger partial charge in [0, 0.05) is 24.5 Å². The van der Waals surface area contributed by atoms with Crippen LogP contribution >= 0.6 is 11.6 Å². The number of amides is 1. The molecular weight excluding hydrogens is 398 g/mol. The topological polar surface area (TPSA) is 58.1 Å². The molecule has 1 unspecified atom stereocenters. The van der Waals surface area contributed by atoms with E-state index in [0.717, 1.165) is 25.9 Å². The molecule has 5 nitrogen and oxygen atoms in total. The third kappa shape index (κ3) is 5.48. The molecular formula is C21H25ClF2N4O. The molecule has 1 aliphatic heterocycles. The zero-order chi connectivity index (χ0) is 21.0. The van der Waals surface area contributed by atoms with Crippen molar-refractivity contribution in [1.29, 1.82) is 0 Å². The molecule has 0 spiro atoms. The van der Waals surface area contributed by atoms with Gasteiger partial charge in [-0.3, -0.25) is 9.69 Å². The summed E-state index contributed by atoms with van der Waals surface area (Å²) >= 11 is 6.12. The quantitative estimate of drug-likeness (QED) is 0.735. The lowest BCUT2D eigenvalue weighted by atomic mass is 9.82. The van der Waals surface area contributed by atoms with Crippen LogP contribution in [-0.4, -0.2) is 40.4 Å². The first-order valence-corrected chi connectivity index (χ1v) is 10.0. The van der Waals surface area contributed by atoms with Crippen LogP contribution < -0.4 is 5.32 Å². The highest BCUT2D eigenvalue weighted by Gasteiger charge is 2.31. The van der Waals surface area contributed by atoms with E-state index in [4.69, 9.17) is 11.6 Å². The Morgan fingerprint density at radius 2 is 1.83 bits per heavy atom. The lowest BCUT2D eigenvalue weighted by Gasteiger charge is -2.41. The average Bonchev–Trinajstić information content (AvgIpc) is 2.69. The predicted octanol–water partition coefficient (Wildman–Crippen LogP) is 4.66. The largest absolute Gasteiger partial charge is 0.350 e. The maximum Gasteiger partial charge on any atom is 0.297 e. The standard InChI is InChI=1S/C21H25ClF2N4O/c1-21(2)7-9-28(10-8-21)17(14-11-25-19(18(23)24)26-12-14)13-27-20(29)15-5-3-4-6-16(15)22/h3-6,11-12,17-18H,7-10,13H2,1-2H3,(H,27,29). The van der Waals surface area contributed by atoms with Gasteiger partial charge in [0.05, 0.1) is 16.6 Å². The maximum atomic E-state index is 12.8. The van der Waals surface area contributed by atoms with E-state index in [-0.39, 0.29) is 17.4 Å². The average molecular weight is 423 g/mol. The number of hydrogen-bond acceptors (Lipinski definition) is 4. The minimum absolute atomic E-state index is 0.204. The molecule has 1 N–H and O–H groups in total. The van der Waals surface area contributed by atoms with Crippen molar-refractivity contribution in [3.63, 3.8) is 0 Å². The Morgan fingerprint density at radius 1 is 1.21 bits per heavy atom. The van der Waals surface area contributed by atoms with Crippen molar-refractivity contribution in [3.05, 3.63) is 58.6 Å². The summed E-state index contributed by atoms with van der Waals surface area (Å²) in [6.07, 6.45) is 2.18. The number of aromatic nitrogens is 2. The summed E-state index contributed by atoms with van der Waals surface area (Å²) < 4.78 is 25.6. The first-order valence-electron chi connectivity index (χ1n) is 9.63. The molecule has 1 saturated heterocycles. The van der Waals surface area contributed by atoms with Crippen molar-refractivity contribution in [2.45, 2.75) is 39.2 Å². The molecule has 1 aromatic carbocycles. The number of carbonyl (C=O) groups is 1. The highest BCUT2D eigenvalue weighted by molar-refractivity contribution is 6.33. The van der Waals surface area contributed by atoms with Crippen LogP contribution in [0.1, 0.15) is 60.9 Å². The van der Waals surface area contributed by atoms with Gasteiger partial charge in [-0.1, -0.05) is 37.6 Å². The van der Waals surface area contributed by atoms with Crippen LogP contribution in [0.4, 0.5) is 8.78 Å². The lowest BCUT2D eigenvalue weighted by Crippen LogP contribution is -2.44. The molecule has 8 heteroatoms. The van der Waals surface area contributed by atoms with Crippen LogP contribution in [0.25, 0.3) is 0 Å². The summed E-state index contributed by atoms with van der Waals surface area (Å²) in [6, 6.07) is 6.64. The molecule has 1 aliphatic rings. The van der Waals surface area contributed by atoms with E-state index in [1.54, 1.807) is 24.3 Å². The van der Waals surface area contributed by atoms with Gasteiger partial charge in [0.25, 0.3) is 12.3 Å². The summed E-state index contributed by atoms with van der Waals surface area (Å²) in [5, 5.41) is 3.31. The molecule has 1 amide bonds. The fourth-order valence-corrected chi connectivity index (χ4v) is 3.68. The molecule has 1 aromatic heterocycles. The van der Waals surface area contributed by atoms with Gasteiger partial charge in [-0.25, -0.2) is 18.7 Å². The summed E-state index contributed by atoms with van der Waals surface area (Å²) in [5.74, 6) is -0.768. The predicted molar refractivity (Wildman–Crippen MR) is 108 cm³/mol. The Morgan fingerprint density at radius 3 is 2.41 bits per heavy atom. The van der Waals surface area contributed by atoms with Gasteiger partial charge in [0.15, 0.2) is 5.82 Å². The minimum Gasteiger partial charge on any atom is -0.350 e. The summed E-state index contributed by atoms with van der Waals surface area (Å²) in [6.45, 7) is 6.46. The van der Waals surface area contributed by atoms with Crippen molar-refractivity contribution in [3.8, 4) is 0 Å². The second-order valence-electron chi connectivity index (χ2n) is 8.08. The number of nitrogens with one attached hydrogen (secondary N) is 1. The van der Waals surface area contributed by atoms with Crippen molar-refractivity contribution >= 4 is 17.5 Å². The number of likely N-dealkylation sites (tertiary alicyclic amines) is 1. The number of hydrogen-bond donors (Lipinski definition) is 1. The maximum absolute atomic E-state index is 12.8. The summed E-state index contributed by atoms with van der Waals surface area (Å²) in [5.41, 5.74) is 1.36. The molecule has 3 rings (SSSR count). The lowest BCUT2D eigenvalue weighted by molar-refractivity contribution is 0.0824. The number of nitrogens with zero attached hydrogens (tertiary/aromatic N) is 3.